The van der Waals surface area contributed by atoms with Crippen LogP contribution in [0.2, 0.25) is 0 Å². The van der Waals surface area contributed by atoms with Gasteiger partial charge in [-0.05, 0) is 39.3 Å². The number of hydrogen-bond donors (Lipinski definition) is 1. The van der Waals surface area contributed by atoms with Crippen LogP contribution in [0.4, 0.5) is 0 Å². The molecular weight excluding hydrogens is 246 g/mol. The Morgan fingerprint density at radius 3 is 2.56 bits per heavy atom. The zero-order valence-corrected chi connectivity index (χ0v) is 12.1. The third-order valence-electron chi connectivity index (χ3n) is 4.59. The van der Waals surface area contributed by atoms with Gasteiger partial charge in [0.05, 0.1) is 10.4 Å². The average molecular weight is 269 g/mol. The Hall–Kier alpha value is -0.680. The average Bonchev–Trinajstić information content (AvgIpc) is 2.62. The van der Waals surface area contributed by atoms with Gasteiger partial charge in [-0.3, -0.25) is 4.79 Å². The van der Waals surface area contributed by atoms with Crippen molar-refractivity contribution in [2.24, 2.45) is 11.1 Å². The lowest BCUT2D eigenvalue weighted by atomic mass is 9.67. The van der Waals surface area contributed by atoms with Gasteiger partial charge >= 0.3 is 0 Å². The molecule has 0 aromatic carbocycles. The SMILES string of the molecule is CN(CC1CCCN1C)C(=O)C1(C(N)=S)CCC1. The van der Waals surface area contributed by atoms with Crippen LogP contribution in [0.15, 0.2) is 0 Å². The van der Waals surface area contributed by atoms with E-state index in [9.17, 15) is 4.79 Å². The maximum Gasteiger partial charge on any atom is 0.235 e. The summed E-state index contributed by atoms with van der Waals surface area (Å²) in [5, 5.41) is 0. The zero-order valence-electron chi connectivity index (χ0n) is 11.3. The van der Waals surface area contributed by atoms with Crippen molar-refractivity contribution in [2.45, 2.75) is 38.1 Å². The van der Waals surface area contributed by atoms with Gasteiger partial charge in [-0.2, -0.15) is 0 Å². The molecule has 1 saturated carbocycles. The Balaban J connectivity index is 1.98. The van der Waals surface area contributed by atoms with E-state index < -0.39 is 5.41 Å². The van der Waals surface area contributed by atoms with Gasteiger partial charge in [0.25, 0.3) is 0 Å². The lowest BCUT2D eigenvalue weighted by Gasteiger charge is -2.42. The van der Waals surface area contributed by atoms with Crippen LogP contribution in [-0.2, 0) is 4.79 Å². The molecule has 1 saturated heterocycles. The highest BCUT2D eigenvalue weighted by atomic mass is 32.1. The van der Waals surface area contributed by atoms with Gasteiger partial charge in [-0.1, -0.05) is 18.6 Å². The number of likely N-dealkylation sites (tertiary alicyclic amines) is 1. The summed E-state index contributed by atoms with van der Waals surface area (Å²) in [6.07, 6.45) is 5.11. The topological polar surface area (TPSA) is 49.6 Å². The van der Waals surface area contributed by atoms with Gasteiger partial charge in [0.15, 0.2) is 0 Å². The molecule has 0 spiro atoms. The molecule has 1 aliphatic heterocycles. The van der Waals surface area contributed by atoms with Crippen molar-refractivity contribution < 1.29 is 4.79 Å². The summed E-state index contributed by atoms with van der Waals surface area (Å²) in [6.45, 7) is 1.92. The zero-order chi connectivity index (χ0) is 13.3. The van der Waals surface area contributed by atoms with Crippen LogP contribution < -0.4 is 5.73 Å². The van der Waals surface area contributed by atoms with E-state index in [0.717, 1.165) is 32.4 Å². The predicted molar refractivity (Wildman–Crippen MR) is 76.4 cm³/mol. The Morgan fingerprint density at radius 2 is 2.17 bits per heavy atom. The van der Waals surface area contributed by atoms with E-state index in [0.29, 0.717) is 11.0 Å². The van der Waals surface area contributed by atoms with Crippen molar-refractivity contribution in [1.82, 2.24) is 9.80 Å². The third-order valence-corrected chi connectivity index (χ3v) is 4.98. The lowest BCUT2D eigenvalue weighted by Crippen LogP contribution is -2.55. The molecule has 0 bridgehead atoms. The Kier molecular flexibility index (Phi) is 3.92. The second-order valence-electron chi connectivity index (χ2n) is 5.76. The van der Waals surface area contributed by atoms with Gasteiger partial charge in [0.1, 0.15) is 0 Å². The number of nitrogens with two attached hydrogens (primary N) is 1. The number of thiocarbonyl (C=S) groups is 1. The van der Waals surface area contributed by atoms with Gasteiger partial charge in [0.2, 0.25) is 5.91 Å². The predicted octanol–water partition coefficient (Wildman–Crippen LogP) is 0.995. The molecular formula is C13H23N3OS. The minimum absolute atomic E-state index is 0.126. The number of amides is 1. The number of nitrogens with zero attached hydrogens (tertiary/aromatic N) is 2. The van der Waals surface area contributed by atoms with Gasteiger partial charge in [-0.25, -0.2) is 0 Å². The highest BCUT2D eigenvalue weighted by molar-refractivity contribution is 7.80. The second-order valence-corrected chi connectivity index (χ2v) is 6.20. The number of hydrogen-bond acceptors (Lipinski definition) is 3. The maximum atomic E-state index is 12.5. The largest absolute Gasteiger partial charge is 0.392 e. The first-order chi connectivity index (χ1) is 8.47. The number of rotatable bonds is 4. The summed E-state index contributed by atoms with van der Waals surface area (Å²) in [5.41, 5.74) is 5.25. The van der Waals surface area contributed by atoms with Crippen LogP contribution in [0.5, 0.6) is 0 Å². The molecule has 5 heteroatoms. The van der Waals surface area contributed by atoms with Crippen molar-refractivity contribution in [1.29, 1.82) is 0 Å². The molecule has 0 aromatic heterocycles. The summed E-state index contributed by atoms with van der Waals surface area (Å²) in [7, 11) is 4.01. The molecule has 2 fully saturated rings. The molecule has 1 heterocycles. The monoisotopic (exact) mass is 269 g/mol. The smallest absolute Gasteiger partial charge is 0.235 e. The van der Waals surface area contributed by atoms with Crippen molar-refractivity contribution in [3.63, 3.8) is 0 Å². The fourth-order valence-corrected chi connectivity index (χ4v) is 3.36. The molecule has 1 unspecified atom stereocenters. The van der Waals surface area contributed by atoms with E-state index in [2.05, 4.69) is 11.9 Å². The Bertz CT molecular complexity index is 354. The maximum absolute atomic E-state index is 12.5. The van der Waals surface area contributed by atoms with Crippen LogP contribution in [0.3, 0.4) is 0 Å². The van der Waals surface area contributed by atoms with Crippen LogP contribution >= 0.6 is 12.2 Å². The first-order valence-corrected chi connectivity index (χ1v) is 7.14. The van der Waals surface area contributed by atoms with E-state index in [1.807, 2.05) is 11.9 Å². The van der Waals surface area contributed by atoms with E-state index in [4.69, 9.17) is 18.0 Å². The fraction of sp³-hybridized carbons (Fsp3) is 0.846. The van der Waals surface area contributed by atoms with Crippen molar-refractivity contribution in [2.75, 3.05) is 27.2 Å². The van der Waals surface area contributed by atoms with Crippen molar-refractivity contribution in [3.05, 3.63) is 0 Å². The quantitative estimate of drug-likeness (QED) is 0.774. The van der Waals surface area contributed by atoms with Crippen molar-refractivity contribution in [3.8, 4) is 0 Å². The van der Waals surface area contributed by atoms with Gasteiger partial charge < -0.3 is 15.5 Å². The highest BCUT2D eigenvalue weighted by Crippen LogP contribution is 2.42. The molecule has 1 aliphatic carbocycles. The Labute approximate surface area is 114 Å². The molecule has 0 radical (unpaired) electrons. The van der Waals surface area contributed by atoms with E-state index in [-0.39, 0.29) is 5.91 Å². The lowest BCUT2D eigenvalue weighted by molar-refractivity contribution is -0.141. The van der Waals surface area contributed by atoms with Crippen LogP contribution in [-0.4, -0.2) is 53.9 Å². The number of likely N-dealkylation sites (N-methyl/N-ethyl adjacent to an activating group) is 2. The summed E-state index contributed by atoms with van der Waals surface area (Å²) < 4.78 is 0. The number of carbonyl (C=O) groups excluding carboxylic acids is 1. The third kappa shape index (κ3) is 2.26. The molecule has 1 atom stereocenters. The highest BCUT2D eigenvalue weighted by Gasteiger charge is 2.48. The summed E-state index contributed by atoms with van der Waals surface area (Å²) in [4.78, 5) is 17.1. The van der Waals surface area contributed by atoms with E-state index >= 15 is 0 Å². The molecule has 18 heavy (non-hydrogen) atoms. The standard InChI is InChI=1S/C13H23N3OS/c1-15-8-3-5-10(15)9-16(2)12(17)13(11(14)18)6-4-7-13/h10H,3-9H2,1-2H3,(H2,14,18). The molecule has 2 rings (SSSR count). The molecule has 102 valence electrons. The van der Waals surface area contributed by atoms with Gasteiger partial charge in [0, 0.05) is 19.6 Å². The first kappa shape index (κ1) is 13.7. The fourth-order valence-electron chi connectivity index (χ4n) is 3.07. The summed E-state index contributed by atoms with van der Waals surface area (Å²) in [6, 6.07) is 0.488. The molecule has 0 aromatic rings. The molecule has 2 aliphatic rings. The first-order valence-electron chi connectivity index (χ1n) is 6.73. The normalized spacial score (nSPS) is 26.7. The van der Waals surface area contributed by atoms with Crippen molar-refractivity contribution >= 4 is 23.1 Å². The summed E-state index contributed by atoms with van der Waals surface area (Å²) in [5.74, 6) is 0.126. The van der Waals surface area contributed by atoms with Gasteiger partial charge in [-0.15, -0.1) is 0 Å². The number of carbonyl (C=O) groups is 1. The second kappa shape index (κ2) is 5.13. The Morgan fingerprint density at radius 1 is 1.50 bits per heavy atom. The molecule has 1 amide bonds. The van der Waals surface area contributed by atoms with E-state index in [1.165, 1.54) is 12.8 Å². The minimum atomic E-state index is -0.527. The van der Waals surface area contributed by atoms with Crippen LogP contribution in [0.25, 0.3) is 0 Å². The van der Waals surface area contributed by atoms with Crippen LogP contribution in [0.1, 0.15) is 32.1 Å². The summed E-state index contributed by atoms with van der Waals surface area (Å²) >= 11 is 5.10. The van der Waals surface area contributed by atoms with E-state index in [1.54, 1.807) is 0 Å². The van der Waals surface area contributed by atoms with Crippen LogP contribution in [0, 0.1) is 5.41 Å². The molecule has 4 nitrogen and oxygen atoms in total. The minimum Gasteiger partial charge on any atom is -0.392 e. The molecule has 2 N–H and O–H groups in total.